The number of fused-ring (bicyclic) bond motifs is 1. The summed E-state index contributed by atoms with van der Waals surface area (Å²) in [5.41, 5.74) is 0.598. The van der Waals surface area contributed by atoms with Crippen molar-refractivity contribution in [2.75, 3.05) is 23.8 Å². The molecule has 2 heterocycles. The molecule has 0 unspecified atom stereocenters. The molecule has 0 radical (unpaired) electrons. The van der Waals surface area contributed by atoms with Crippen molar-refractivity contribution < 1.29 is 13.2 Å². The molecule has 7 nitrogen and oxygen atoms in total. The van der Waals surface area contributed by atoms with Crippen molar-refractivity contribution >= 4 is 38.4 Å². The second-order valence-electron chi connectivity index (χ2n) is 9.31. The summed E-state index contributed by atoms with van der Waals surface area (Å²) in [5.74, 6) is 0.465. The van der Waals surface area contributed by atoms with Gasteiger partial charge in [-0.15, -0.1) is 0 Å². The first kappa shape index (κ1) is 23.3. The first-order valence-corrected chi connectivity index (χ1v) is 14.2. The Morgan fingerprint density at radius 1 is 1.22 bits per heavy atom. The molecular formula is C23H31N3O4S2. The van der Waals surface area contributed by atoms with Crippen molar-refractivity contribution in [2.45, 2.75) is 63.2 Å². The third-order valence-corrected chi connectivity index (χ3v) is 9.01. The maximum atomic E-state index is 13.3. The van der Waals surface area contributed by atoms with Crippen LogP contribution in [0.25, 0.3) is 10.9 Å². The number of rotatable bonds is 7. The number of carbonyl (C=O) groups is 1. The molecule has 1 saturated carbocycles. The summed E-state index contributed by atoms with van der Waals surface area (Å²) < 4.78 is 25.8. The molecule has 2 aromatic rings. The van der Waals surface area contributed by atoms with Crippen LogP contribution >= 0.6 is 11.8 Å². The van der Waals surface area contributed by atoms with E-state index in [9.17, 15) is 18.0 Å². The quantitative estimate of drug-likeness (QED) is 0.449. The molecule has 1 saturated heterocycles. The van der Waals surface area contributed by atoms with Crippen LogP contribution in [-0.2, 0) is 14.6 Å². The van der Waals surface area contributed by atoms with Crippen LogP contribution in [-0.4, -0.2) is 58.6 Å². The van der Waals surface area contributed by atoms with Crippen molar-refractivity contribution in [3.63, 3.8) is 0 Å². The fourth-order valence-corrected chi connectivity index (χ4v) is 7.47. The van der Waals surface area contributed by atoms with Gasteiger partial charge in [0.05, 0.1) is 28.2 Å². The van der Waals surface area contributed by atoms with Crippen LogP contribution in [0.2, 0.25) is 0 Å². The zero-order valence-electron chi connectivity index (χ0n) is 18.7. The van der Waals surface area contributed by atoms with Crippen molar-refractivity contribution in [3.05, 3.63) is 34.6 Å². The lowest BCUT2D eigenvalue weighted by molar-refractivity contribution is -0.130. The number of hydrogen-bond donors (Lipinski definition) is 0. The summed E-state index contributed by atoms with van der Waals surface area (Å²) in [6, 6.07) is 7.19. The zero-order valence-corrected chi connectivity index (χ0v) is 20.3. The number of thioether (sulfide) groups is 1. The van der Waals surface area contributed by atoms with E-state index in [4.69, 9.17) is 4.98 Å². The zero-order chi connectivity index (χ0) is 22.9. The molecule has 0 spiro atoms. The maximum absolute atomic E-state index is 13.3. The highest BCUT2D eigenvalue weighted by molar-refractivity contribution is 7.99. The first-order valence-electron chi connectivity index (χ1n) is 11.4. The first-order chi connectivity index (χ1) is 15.2. The topological polar surface area (TPSA) is 89.3 Å². The molecule has 1 aromatic carbocycles. The van der Waals surface area contributed by atoms with Gasteiger partial charge in [0.25, 0.3) is 5.56 Å². The van der Waals surface area contributed by atoms with E-state index in [-0.39, 0.29) is 46.7 Å². The highest BCUT2D eigenvalue weighted by Gasteiger charge is 2.35. The van der Waals surface area contributed by atoms with Gasteiger partial charge in [-0.3, -0.25) is 14.2 Å². The van der Waals surface area contributed by atoms with Gasteiger partial charge in [-0.1, -0.05) is 50.6 Å². The van der Waals surface area contributed by atoms with Crippen LogP contribution in [0, 0.1) is 5.92 Å². The van der Waals surface area contributed by atoms with Gasteiger partial charge >= 0.3 is 0 Å². The highest BCUT2D eigenvalue weighted by Crippen LogP contribution is 2.32. The lowest BCUT2D eigenvalue weighted by atomic mass is 10.1. The molecule has 2 aliphatic rings. The minimum atomic E-state index is -3.08. The summed E-state index contributed by atoms with van der Waals surface area (Å²) in [6.07, 6.45) is 4.56. The van der Waals surface area contributed by atoms with Crippen LogP contribution in [0.5, 0.6) is 0 Å². The summed E-state index contributed by atoms with van der Waals surface area (Å²) in [7, 11) is -3.08. The van der Waals surface area contributed by atoms with E-state index in [2.05, 4.69) is 0 Å². The number of carbonyl (C=O) groups excluding carboxylic acids is 1. The number of amides is 1. The average Bonchev–Trinajstić information content (AvgIpc) is 3.39. The van der Waals surface area contributed by atoms with Crippen LogP contribution in [0.4, 0.5) is 0 Å². The predicted octanol–water partition coefficient (Wildman–Crippen LogP) is 3.28. The second kappa shape index (κ2) is 9.55. The largest absolute Gasteiger partial charge is 0.338 e. The Kier molecular flexibility index (Phi) is 6.95. The Balaban J connectivity index is 1.60. The smallest absolute Gasteiger partial charge is 0.262 e. The van der Waals surface area contributed by atoms with E-state index in [0.29, 0.717) is 29.0 Å². The molecule has 2 fully saturated rings. The molecule has 1 aliphatic heterocycles. The molecule has 4 rings (SSSR count). The fraction of sp³-hybridized carbons (Fsp3) is 0.609. The van der Waals surface area contributed by atoms with Crippen LogP contribution in [0.3, 0.4) is 0 Å². The minimum Gasteiger partial charge on any atom is -0.338 e. The van der Waals surface area contributed by atoms with Crippen molar-refractivity contribution in [3.8, 4) is 0 Å². The van der Waals surface area contributed by atoms with Gasteiger partial charge in [0.2, 0.25) is 5.91 Å². The fourth-order valence-electron chi connectivity index (χ4n) is 4.79. The number of aromatic nitrogens is 2. The number of hydrogen-bond acceptors (Lipinski definition) is 6. The summed E-state index contributed by atoms with van der Waals surface area (Å²) in [6.45, 7) is 4.58. The van der Waals surface area contributed by atoms with E-state index in [0.717, 1.165) is 25.7 Å². The SMILES string of the molecule is CC(C)CN(C(=O)CSc1nc2ccccc2c(=O)n1C1CCCC1)[C@@H]1CCS(=O)(=O)C1. The second-order valence-corrected chi connectivity index (χ2v) is 12.5. The van der Waals surface area contributed by atoms with Crippen molar-refractivity contribution in [1.82, 2.24) is 14.5 Å². The van der Waals surface area contributed by atoms with Gasteiger partial charge in [0.15, 0.2) is 15.0 Å². The number of para-hydroxylation sites is 1. The molecule has 1 amide bonds. The summed E-state index contributed by atoms with van der Waals surface area (Å²) in [5, 5.41) is 1.19. The molecule has 9 heteroatoms. The van der Waals surface area contributed by atoms with Gasteiger partial charge in [0, 0.05) is 18.6 Å². The summed E-state index contributed by atoms with van der Waals surface area (Å²) >= 11 is 1.30. The number of sulfone groups is 1. The van der Waals surface area contributed by atoms with Crippen molar-refractivity contribution in [2.24, 2.45) is 5.92 Å². The van der Waals surface area contributed by atoms with Gasteiger partial charge in [-0.05, 0) is 37.3 Å². The third-order valence-electron chi connectivity index (χ3n) is 6.32. The Morgan fingerprint density at radius 2 is 1.94 bits per heavy atom. The van der Waals surface area contributed by atoms with E-state index >= 15 is 0 Å². The lowest BCUT2D eigenvalue weighted by Crippen LogP contribution is -2.44. The Labute approximate surface area is 193 Å². The Bertz CT molecular complexity index is 1150. The predicted molar refractivity (Wildman–Crippen MR) is 128 cm³/mol. The maximum Gasteiger partial charge on any atom is 0.262 e. The van der Waals surface area contributed by atoms with Gasteiger partial charge in [-0.2, -0.15) is 0 Å². The number of benzene rings is 1. The average molecular weight is 478 g/mol. The van der Waals surface area contributed by atoms with Crippen LogP contribution < -0.4 is 5.56 Å². The van der Waals surface area contributed by atoms with Crippen LogP contribution in [0.15, 0.2) is 34.2 Å². The number of nitrogens with zero attached hydrogens (tertiary/aromatic N) is 3. The molecule has 174 valence electrons. The molecular weight excluding hydrogens is 446 g/mol. The normalized spacial score (nSPS) is 20.9. The van der Waals surface area contributed by atoms with Gasteiger partial charge in [0.1, 0.15) is 0 Å². The lowest BCUT2D eigenvalue weighted by Gasteiger charge is -2.30. The van der Waals surface area contributed by atoms with E-state index < -0.39 is 9.84 Å². The van der Waals surface area contributed by atoms with Gasteiger partial charge < -0.3 is 4.90 Å². The van der Waals surface area contributed by atoms with Crippen LogP contribution in [0.1, 0.15) is 52.0 Å². The standard InChI is InChI=1S/C23H31N3O4S2/c1-16(2)13-25(18-11-12-32(29,30)15-18)21(27)14-31-23-24-20-10-6-5-9-19(20)22(28)26(23)17-7-3-4-8-17/h5-6,9-10,16-18H,3-4,7-8,11-15H2,1-2H3/t18-/m1/s1. The molecule has 0 bridgehead atoms. The molecule has 1 aliphatic carbocycles. The van der Waals surface area contributed by atoms with Gasteiger partial charge in [-0.25, -0.2) is 13.4 Å². The molecule has 1 aromatic heterocycles. The minimum absolute atomic E-state index is 0.0388. The molecule has 1 atom stereocenters. The Hall–Kier alpha value is -1.87. The van der Waals surface area contributed by atoms with E-state index in [1.54, 1.807) is 15.5 Å². The monoisotopic (exact) mass is 477 g/mol. The molecule has 0 N–H and O–H groups in total. The Morgan fingerprint density at radius 3 is 2.59 bits per heavy atom. The highest BCUT2D eigenvalue weighted by atomic mass is 32.2. The van der Waals surface area contributed by atoms with E-state index in [1.165, 1.54) is 11.8 Å². The molecule has 32 heavy (non-hydrogen) atoms. The van der Waals surface area contributed by atoms with Crippen molar-refractivity contribution in [1.29, 1.82) is 0 Å². The third kappa shape index (κ3) is 5.03. The van der Waals surface area contributed by atoms with E-state index in [1.807, 2.05) is 32.0 Å². The summed E-state index contributed by atoms with van der Waals surface area (Å²) in [4.78, 5) is 33.0.